The molecule has 0 spiro atoms. The molecule has 0 saturated heterocycles. The van der Waals surface area contributed by atoms with Crippen LogP contribution in [-0.4, -0.2) is 53.9 Å². The van der Waals surface area contributed by atoms with E-state index in [4.69, 9.17) is 4.74 Å². The molecule has 1 aliphatic carbocycles. The molecule has 0 radical (unpaired) electrons. The summed E-state index contributed by atoms with van der Waals surface area (Å²) in [7, 11) is 0. The number of amides is 2. The van der Waals surface area contributed by atoms with Gasteiger partial charge in [0.2, 0.25) is 5.91 Å². The van der Waals surface area contributed by atoms with E-state index in [0.717, 1.165) is 11.9 Å². The summed E-state index contributed by atoms with van der Waals surface area (Å²) in [6.07, 6.45) is 4.25. The highest BCUT2D eigenvalue weighted by Crippen LogP contribution is 2.45. The zero-order valence-electron chi connectivity index (χ0n) is 15.6. The van der Waals surface area contributed by atoms with Crippen molar-refractivity contribution in [3.8, 4) is 0 Å². The minimum atomic E-state index is -0.600. The van der Waals surface area contributed by atoms with Crippen molar-refractivity contribution in [1.82, 2.24) is 20.2 Å². The fourth-order valence-electron chi connectivity index (χ4n) is 3.50. The number of nitrogens with one attached hydrogen (secondary N) is 2. The van der Waals surface area contributed by atoms with Gasteiger partial charge in [0.25, 0.3) is 5.91 Å². The van der Waals surface area contributed by atoms with Gasteiger partial charge < -0.3 is 15.4 Å². The predicted octanol–water partition coefficient (Wildman–Crippen LogP) is 1.58. The van der Waals surface area contributed by atoms with Crippen LogP contribution >= 0.6 is 0 Å². The van der Waals surface area contributed by atoms with Crippen molar-refractivity contribution in [2.75, 3.05) is 26.4 Å². The molecule has 1 saturated carbocycles. The molecule has 0 bridgehead atoms. The molecule has 0 aromatic carbocycles. The van der Waals surface area contributed by atoms with Gasteiger partial charge in [-0.1, -0.05) is 13.8 Å². The Bertz CT molecular complexity index is 820. The van der Waals surface area contributed by atoms with E-state index in [2.05, 4.69) is 29.6 Å². The first-order valence-electron chi connectivity index (χ1n) is 9.07. The number of alkyl halides is 1. The van der Waals surface area contributed by atoms with Crippen LogP contribution < -0.4 is 10.6 Å². The van der Waals surface area contributed by atoms with E-state index in [1.165, 1.54) is 0 Å². The number of carbonyl (C=O) groups excluding carboxylic acids is 2. The van der Waals surface area contributed by atoms with Crippen molar-refractivity contribution >= 4 is 17.3 Å². The predicted molar refractivity (Wildman–Crippen MR) is 98.1 cm³/mol. The molecule has 2 aromatic heterocycles. The van der Waals surface area contributed by atoms with Gasteiger partial charge in [-0.3, -0.25) is 9.59 Å². The monoisotopic (exact) mass is 376 g/mol. The van der Waals surface area contributed by atoms with Crippen LogP contribution in [0.2, 0.25) is 0 Å². The van der Waals surface area contributed by atoms with Crippen LogP contribution in [0.5, 0.6) is 0 Å². The molecule has 0 aliphatic heterocycles. The minimum Gasteiger partial charge on any atom is -0.369 e. The van der Waals surface area contributed by atoms with Gasteiger partial charge in [-0.25, -0.2) is 8.91 Å². The fourth-order valence-corrected chi connectivity index (χ4v) is 3.50. The summed E-state index contributed by atoms with van der Waals surface area (Å²) in [6, 6.07) is 5.42. The topological polar surface area (TPSA) is 84.7 Å². The Labute approximate surface area is 157 Å². The first-order valence-corrected chi connectivity index (χ1v) is 9.07. The highest BCUT2D eigenvalue weighted by Gasteiger charge is 2.48. The molecule has 8 heteroatoms. The van der Waals surface area contributed by atoms with Crippen LogP contribution in [0.15, 0.2) is 30.6 Å². The lowest BCUT2D eigenvalue weighted by Crippen LogP contribution is -2.60. The molecule has 2 amide bonds. The maximum atomic E-state index is 12.7. The van der Waals surface area contributed by atoms with E-state index in [1.54, 1.807) is 29.0 Å². The van der Waals surface area contributed by atoms with Gasteiger partial charge in [-0.2, -0.15) is 5.10 Å². The van der Waals surface area contributed by atoms with E-state index >= 15 is 0 Å². The van der Waals surface area contributed by atoms with Crippen molar-refractivity contribution in [2.24, 2.45) is 11.3 Å². The number of aromatic nitrogens is 2. The Balaban J connectivity index is 1.52. The van der Waals surface area contributed by atoms with Gasteiger partial charge in [0.1, 0.15) is 13.3 Å². The number of halogens is 1. The van der Waals surface area contributed by atoms with Crippen molar-refractivity contribution < 1.29 is 18.7 Å². The highest BCUT2D eigenvalue weighted by atomic mass is 19.1. The third-order valence-corrected chi connectivity index (χ3v) is 5.46. The number of pyridine rings is 1. The summed E-state index contributed by atoms with van der Waals surface area (Å²) in [5.74, 6) is -0.126. The lowest BCUT2D eigenvalue weighted by molar-refractivity contribution is -0.126. The lowest BCUT2D eigenvalue weighted by Gasteiger charge is -2.52. The third-order valence-electron chi connectivity index (χ3n) is 5.46. The molecule has 146 valence electrons. The smallest absolute Gasteiger partial charge is 0.253 e. The number of carbonyl (C=O) groups is 2. The standard InChI is InChI=1S/C19H25FN4O3/c1-19(2)13(11-21-17(25)12-27-9-6-20)10-16(19)23-18(26)14-4-3-8-24-15(14)5-7-22-24/h3-5,7-8,13,16H,6,9-12H2,1-2H3,(H,21,25)(H,23,26). The molecule has 27 heavy (non-hydrogen) atoms. The quantitative estimate of drug-likeness (QED) is 0.685. The SMILES string of the molecule is CC1(C)C(CNC(=O)COCCF)CC1NC(=O)c1cccn2nccc12. The van der Waals surface area contributed by atoms with Gasteiger partial charge in [0.15, 0.2) is 0 Å². The molecule has 2 unspecified atom stereocenters. The van der Waals surface area contributed by atoms with E-state index in [-0.39, 0.29) is 42.4 Å². The Morgan fingerprint density at radius 1 is 1.41 bits per heavy atom. The van der Waals surface area contributed by atoms with Crippen LogP contribution in [0.3, 0.4) is 0 Å². The molecule has 2 heterocycles. The molecular weight excluding hydrogens is 351 g/mol. The number of hydrogen-bond donors (Lipinski definition) is 2. The lowest BCUT2D eigenvalue weighted by atomic mass is 9.58. The van der Waals surface area contributed by atoms with Crippen molar-refractivity contribution in [3.05, 3.63) is 36.2 Å². The van der Waals surface area contributed by atoms with Crippen LogP contribution in [0.25, 0.3) is 5.52 Å². The van der Waals surface area contributed by atoms with E-state index in [0.29, 0.717) is 12.1 Å². The summed E-state index contributed by atoms with van der Waals surface area (Å²) >= 11 is 0. The van der Waals surface area contributed by atoms with Crippen LogP contribution in [-0.2, 0) is 9.53 Å². The van der Waals surface area contributed by atoms with Crippen LogP contribution in [0, 0.1) is 11.3 Å². The second-order valence-corrected chi connectivity index (χ2v) is 7.41. The maximum absolute atomic E-state index is 12.7. The molecular formula is C19H25FN4O3. The zero-order valence-corrected chi connectivity index (χ0v) is 15.6. The minimum absolute atomic E-state index is 0.0258. The van der Waals surface area contributed by atoms with Gasteiger partial charge in [-0.15, -0.1) is 0 Å². The second-order valence-electron chi connectivity index (χ2n) is 7.41. The summed E-state index contributed by atoms with van der Waals surface area (Å²) in [5.41, 5.74) is 1.21. The van der Waals surface area contributed by atoms with Gasteiger partial charge >= 0.3 is 0 Å². The summed E-state index contributed by atoms with van der Waals surface area (Å²) in [4.78, 5) is 24.4. The third kappa shape index (κ3) is 4.10. The second kappa shape index (κ2) is 8.04. The number of nitrogens with zero attached hydrogens (tertiary/aromatic N) is 2. The number of ether oxygens (including phenoxy) is 1. The van der Waals surface area contributed by atoms with Crippen molar-refractivity contribution in [2.45, 2.75) is 26.3 Å². The van der Waals surface area contributed by atoms with E-state index < -0.39 is 6.67 Å². The van der Waals surface area contributed by atoms with Crippen molar-refractivity contribution in [3.63, 3.8) is 0 Å². The first-order chi connectivity index (χ1) is 12.9. The average Bonchev–Trinajstić information content (AvgIpc) is 3.12. The molecule has 1 aliphatic rings. The Morgan fingerprint density at radius 3 is 2.96 bits per heavy atom. The van der Waals surface area contributed by atoms with E-state index in [1.807, 2.05) is 6.07 Å². The zero-order chi connectivity index (χ0) is 19.4. The molecule has 2 atom stereocenters. The summed E-state index contributed by atoms with van der Waals surface area (Å²) < 4.78 is 18.5. The first kappa shape index (κ1) is 19.3. The summed E-state index contributed by atoms with van der Waals surface area (Å²) in [5, 5.41) is 10.1. The average molecular weight is 376 g/mol. The van der Waals surface area contributed by atoms with Gasteiger partial charge in [0.05, 0.1) is 23.9 Å². The Kier molecular flexibility index (Phi) is 5.74. The summed E-state index contributed by atoms with van der Waals surface area (Å²) in [6.45, 7) is 3.87. The Hall–Kier alpha value is -2.48. The van der Waals surface area contributed by atoms with Gasteiger partial charge in [0, 0.05) is 18.8 Å². The fraction of sp³-hybridized carbons (Fsp3) is 0.526. The molecule has 2 aromatic rings. The van der Waals surface area contributed by atoms with Crippen molar-refractivity contribution in [1.29, 1.82) is 0 Å². The largest absolute Gasteiger partial charge is 0.369 e. The molecule has 7 nitrogen and oxygen atoms in total. The number of rotatable bonds is 8. The number of fused-ring (bicyclic) bond motifs is 1. The number of hydrogen-bond acceptors (Lipinski definition) is 4. The normalized spacial score (nSPS) is 20.9. The van der Waals surface area contributed by atoms with Gasteiger partial charge in [-0.05, 0) is 36.0 Å². The highest BCUT2D eigenvalue weighted by molar-refractivity contribution is 6.00. The molecule has 1 fully saturated rings. The van der Waals surface area contributed by atoms with Crippen LogP contribution in [0.1, 0.15) is 30.6 Å². The van der Waals surface area contributed by atoms with Crippen LogP contribution in [0.4, 0.5) is 4.39 Å². The van der Waals surface area contributed by atoms with E-state index in [9.17, 15) is 14.0 Å². The maximum Gasteiger partial charge on any atom is 0.253 e. The molecule has 3 rings (SSSR count). The molecule has 2 N–H and O–H groups in total. The Morgan fingerprint density at radius 2 is 2.22 bits per heavy atom.